The highest BCUT2D eigenvalue weighted by Crippen LogP contribution is 2.35. The molecule has 2 aromatic rings. The number of rotatable bonds is 3. The number of aromatic nitrogens is 1. The van der Waals surface area contributed by atoms with Crippen LogP contribution in [0, 0.1) is 0 Å². The topological polar surface area (TPSA) is 68.5 Å². The van der Waals surface area contributed by atoms with Crippen LogP contribution in [0.2, 0.25) is 0 Å². The fourth-order valence-electron chi connectivity index (χ4n) is 3.45. The van der Waals surface area contributed by atoms with Gasteiger partial charge in [0.25, 0.3) is 5.56 Å². The van der Waals surface area contributed by atoms with Crippen LogP contribution >= 0.6 is 0 Å². The van der Waals surface area contributed by atoms with Gasteiger partial charge in [-0.15, -0.1) is 0 Å². The Morgan fingerprint density at radius 2 is 1.83 bits per heavy atom. The molecule has 5 heteroatoms. The van der Waals surface area contributed by atoms with E-state index in [1.165, 1.54) is 17.7 Å². The number of nitrogens with zero attached hydrogens (tertiary/aromatic N) is 1. The number of hydrogen-bond acceptors (Lipinski definition) is 4. The number of ether oxygens (including phenoxy) is 1. The summed E-state index contributed by atoms with van der Waals surface area (Å²) < 4.78 is 6.21. The average Bonchev–Trinajstić information content (AvgIpc) is 2.62. The molecular weight excluding hydrogens is 306 g/mol. The second-order valence-electron chi connectivity index (χ2n) is 6.11. The highest BCUT2D eigenvalue weighted by Gasteiger charge is 2.27. The molecule has 0 amide bonds. The third kappa shape index (κ3) is 2.94. The second-order valence-corrected chi connectivity index (χ2v) is 6.11. The van der Waals surface area contributed by atoms with E-state index in [0.29, 0.717) is 11.1 Å². The van der Waals surface area contributed by atoms with Crippen molar-refractivity contribution >= 4 is 5.97 Å². The quantitative estimate of drug-likeness (QED) is 0.876. The molecular formula is C19H21NO4. The summed E-state index contributed by atoms with van der Waals surface area (Å²) in [4.78, 5) is 24.9. The first kappa shape index (κ1) is 16.3. The molecule has 3 rings (SSSR count). The van der Waals surface area contributed by atoms with Crippen molar-refractivity contribution in [3.63, 3.8) is 0 Å². The molecule has 1 aliphatic rings. The number of benzene rings is 1. The predicted molar refractivity (Wildman–Crippen MR) is 91.3 cm³/mol. The number of carbonyl (C=O) groups is 1. The van der Waals surface area contributed by atoms with Gasteiger partial charge in [-0.05, 0) is 18.4 Å². The SMILES string of the molecule is COC(=O)c1c(-c2ccccc2)cc(=O)n(C2CCCCC2)c1O. The maximum Gasteiger partial charge on any atom is 0.343 e. The van der Waals surface area contributed by atoms with Gasteiger partial charge in [0.15, 0.2) is 0 Å². The number of aromatic hydroxyl groups is 1. The van der Waals surface area contributed by atoms with Crippen molar-refractivity contribution < 1.29 is 14.6 Å². The van der Waals surface area contributed by atoms with Crippen LogP contribution < -0.4 is 5.56 Å². The smallest absolute Gasteiger partial charge is 0.343 e. The molecule has 1 aromatic heterocycles. The van der Waals surface area contributed by atoms with E-state index in [4.69, 9.17) is 4.74 Å². The van der Waals surface area contributed by atoms with Gasteiger partial charge in [0.05, 0.1) is 7.11 Å². The number of pyridine rings is 1. The predicted octanol–water partition coefficient (Wildman–Crippen LogP) is 3.51. The van der Waals surface area contributed by atoms with Crippen LogP contribution in [0.4, 0.5) is 0 Å². The first-order valence-corrected chi connectivity index (χ1v) is 8.25. The van der Waals surface area contributed by atoms with Crippen LogP contribution in [0.3, 0.4) is 0 Å². The monoisotopic (exact) mass is 327 g/mol. The minimum Gasteiger partial charge on any atom is -0.494 e. The molecule has 0 saturated heterocycles. The van der Waals surface area contributed by atoms with Gasteiger partial charge in [-0.3, -0.25) is 9.36 Å². The van der Waals surface area contributed by atoms with Crippen LogP contribution in [-0.4, -0.2) is 22.8 Å². The standard InChI is InChI=1S/C19H21NO4/c1-24-19(23)17-15(13-8-4-2-5-9-13)12-16(21)20(18(17)22)14-10-6-3-7-11-14/h2,4-5,8-9,12,14,22H,3,6-7,10-11H2,1H3. The minimum absolute atomic E-state index is 0.0499. The summed E-state index contributed by atoms with van der Waals surface area (Å²) in [6.07, 6.45) is 4.84. The van der Waals surface area contributed by atoms with Crippen molar-refractivity contribution in [1.82, 2.24) is 4.57 Å². The lowest BCUT2D eigenvalue weighted by atomic mass is 9.94. The molecule has 0 bridgehead atoms. The molecule has 0 aliphatic heterocycles. The molecule has 1 aromatic carbocycles. The summed E-state index contributed by atoms with van der Waals surface area (Å²) in [5.41, 5.74) is 0.859. The Morgan fingerprint density at radius 3 is 2.46 bits per heavy atom. The van der Waals surface area contributed by atoms with E-state index in [1.54, 1.807) is 12.1 Å². The van der Waals surface area contributed by atoms with Gasteiger partial charge in [0.1, 0.15) is 5.56 Å². The van der Waals surface area contributed by atoms with Crippen molar-refractivity contribution in [3.05, 3.63) is 52.3 Å². The van der Waals surface area contributed by atoms with E-state index in [-0.39, 0.29) is 23.0 Å². The number of esters is 1. The fraction of sp³-hybridized carbons (Fsp3) is 0.368. The van der Waals surface area contributed by atoms with Gasteiger partial charge in [-0.25, -0.2) is 4.79 Å². The van der Waals surface area contributed by atoms with E-state index in [2.05, 4.69) is 0 Å². The molecule has 1 saturated carbocycles. The molecule has 0 radical (unpaired) electrons. The Labute approximate surface area is 140 Å². The second kappa shape index (κ2) is 6.91. The maximum atomic E-state index is 12.6. The van der Waals surface area contributed by atoms with E-state index < -0.39 is 5.97 Å². The third-order valence-corrected chi connectivity index (χ3v) is 4.64. The molecule has 1 N–H and O–H groups in total. The molecule has 1 aliphatic carbocycles. The Kier molecular flexibility index (Phi) is 4.69. The van der Waals surface area contributed by atoms with E-state index in [0.717, 1.165) is 32.1 Å². The summed E-state index contributed by atoms with van der Waals surface area (Å²) in [6.45, 7) is 0. The highest BCUT2D eigenvalue weighted by atomic mass is 16.5. The van der Waals surface area contributed by atoms with Gasteiger partial charge in [0.2, 0.25) is 5.88 Å². The lowest BCUT2D eigenvalue weighted by molar-refractivity contribution is 0.0595. The van der Waals surface area contributed by atoms with Crippen LogP contribution in [0.5, 0.6) is 5.88 Å². The average molecular weight is 327 g/mol. The van der Waals surface area contributed by atoms with Crippen LogP contribution in [-0.2, 0) is 4.74 Å². The molecule has 1 fully saturated rings. The zero-order chi connectivity index (χ0) is 17.1. The zero-order valence-electron chi connectivity index (χ0n) is 13.7. The van der Waals surface area contributed by atoms with E-state index in [1.807, 2.05) is 18.2 Å². The summed E-state index contributed by atoms with van der Waals surface area (Å²) in [5.74, 6) is -0.934. The van der Waals surface area contributed by atoms with Crippen molar-refractivity contribution in [2.45, 2.75) is 38.1 Å². The lowest BCUT2D eigenvalue weighted by Gasteiger charge is -2.26. The van der Waals surface area contributed by atoms with Crippen LogP contribution in [0.15, 0.2) is 41.2 Å². The summed E-state index contributed by atoms with van der Waals surface area (Å²) >= 11 is 0. The van der Waals surface area contributed by atoms with Crippen LogP contribution in [0.1, 0.15) is 48.5 Å². The van der Waals surface area contributed by atoms with Gasteiger partial charge >= 0.3 is 5.97 Å². The van der Waals surface area contributed by atoms with Gasteiger partial charge < -0.3 is 9.84 Å². The zero-order valence-corrected chi connectivity index (χ0v) is 13.7. The van der Waals surface area contributed by atoms with Crippen molar-refractivity contribution in [1.29, 1.82) is 0 Å². The van der Waals surface area contributed by atoms with Gasteiger partial charge in [-0.2, -0.15) is 0 Å². The summed E-state index contributed by atoms with van der Waals surface area (Å²) in [6, 6.07) is 10.4. The van der Waals surface area contributed by atoms with Crippen LogP contribution in [0.25, 0.3) is 11.1 Å². The largest absolute Gasteiger partial charge is 0.494 e. The highest BCUT2D eigenvalue weighted by molar-refractivity contribution is 5.99. The molecule has 0 spiro atoms. The Hall–Kier alpha value is -2.56. The van der Waals surface area contributed by atoms with E-state index in [9.17, 15) is 14.7 Å². The van der Waals surface area contributed by atoms with E-state index >= 15 is 0 Å². The molecule has 5 nitrogen and oxygen atoms in total. The van der Waals surface area contributed by atoms with Gasteiger partial charge in [0, 0.05) is 17.7 Å². The minimum atomic E-state index is -0.643. The lowest BCUT2D eigenvalue weighted by Crippen LogP contribution is -2.28. The first-order valence-electron chi connectivity index (χ1n) is 8.25. The third-order valence-electron chi connectivity index (χ3n) is 4.64. The summed E-state index contributed by atoms with van der Waals surface area (Å²) in [7, 11) is 1.27. The molecule has 0 atom stereocenters. The normalized spacial score (nSPS) is 15.2. The first-order chi connectivity index (χ1) is 11.6. The number of methoxy groups -OCH3 is 1. The molecule has 24 heavy (non-hydrogen) atoms. The molecule has 126 valence electrons. The number of hydrogen-bond donors (Lipinski definition) is 1. The summed E-state index contributed by atoms with van der Waals surface area (Å²) in [5, 5.41) is 10.7. The molecule has 1 heterocycles. The Morgan fingerprint density at radius 1 is 1.17 bits per heavy atom. The van der Waals surface area contributed by atoms with Crippen molar-refractivity contribution in [3.8, 4) is 17.0 Å². The van der Waals surface area contributed by atoms with Gasteiger partial charge in [-0.1, -0.05) is 49.6 Å². The number of carbonyl (C=O) groups excluding carboxylic acids is 1. The van der Waals surface area contributed by atoms with Crippen molar-refractivity contribution in [2.24, 2.45) is 0 Å². The molecule has 0 unspecified atom stereocenters. The Balaban J connectivity index is 2.21. The fourth-order valence-corrected chi connectivity index (χ4v) is 3.45. The maximum absolute atomic E-state index is 12.6. The van der Waals surface area contributed by atoms with Crippen molar-refractivity contribution in [2.75, 3.05) is 7.11 Å². The Bertz CT molecular complexity index is 789.